The van der Waals surface area contributed by atoms with Gasteiger partial charge in [-0.3, -0.25) is 0 Å². The van der Waals surface area contributed by atoms with Gasteiger partial charge in [0.1, 0.15) is 5.76 Å². The lowest BCUT2D eigenvalue weighted by atomic mass is 10.3. The lowest BCUT2D eigenvalue weighted by Crippen LogP contribution is -1.79. The molecule has 0 aliphatic carbocycles. The molecular weight excluding hydrogens is 114 g/mol. The third-order valence-electron chi connectivity index (χ3n) is 1.06. The van der Waals surface area contributed by atoms with Crippen molar-refractivity contribution in [2.24, 2.45) is 0 Å². The maximum Gasteiger partial charge on any atom is 0.194 e. The van der Waals surface area contributed by atoms with Crippen molar-refractivity contribution in [3.8, 4) is 0 Å². The van der Waals surface area contributed by atoms with Crippen molar-refractivity contribution in [1.29, 1.82) is 0 Å². The minimum atomic E-state index is 0.794. The molecule has 0 aliphatic heterocycles. The zero-order chi connectivity index (χ0) is 6.69. The fraction of sp³-hybridized carbons (Fsp3) is 0.429. The van der Waals surface area contributed by atoms with Gasteiger partial charge in [-0.05, 0) is 13.3 Å². The fourth-order valence-corrected chi connectivity index (χ4v) is 0.668. The molecule has 0 bridgehead atoms. The van der Waals surface area contributed by atoms with Crippen LogP contribution in [0.1, 0.15) is 18.1 Å². The van der Waals surface area contributed by atoms with E-state index in [2.05, 4.69) is 11.9 Å². The summed E-state index contributed by atoms with van der Waals surface area (Å²) in [5.74, 6) is 1.67. The lowest BCUT2D eigenvalue weighted by Gasteiger charge is -1.85. The normalized spacial score (nSPS) is 10.0. The summed E-state index contributed by atoms with van der Waals surface area (Å²) in [5.41, 5.74) is 0. The van der Waals surface area contributed by atoms with E-state index in [1.165, 1.54) is 0 Å². The standard InChI is InChI=1S/C7H10NO/c1-3-4-7-8-5-6(2)9-7/h5H,1,3-4H2,2H3. The quantitative estimate of drug-likeness (QED) is 0.600. The number of rotatable bonds is 2. The summed E-state index contributed by atoms with van der Waals surface area (Å²) in [4.78, 5) is 4.00. The van der Waals surface area contributed by atoms with Gasteiger partial charge < -0.3 is 4.42 Å². The average Bonchev–Trinajstić information content (AvgIpc) is 2.17. The third kappa shape index (κ3) is 1.56. The number of aromatic nitrogens is 1. The molecule has 0 aliphatic rings. The van der Waals surface area contributed by atoms with Crippen LogP contribution in [0.15, 0.2) is 10.6 Å². The number of aryl methyl sites for hydroxylation is 2. The smallest absolute Gasteiger partial charge is 0.194 e. The topological polar surface area (TPSA) is 26.0 Å². The molecule has 0 saturated heterocycles. The van der Waals surface area contributed by atoms with Gasteiger partial charge in [0.25, 0.3) is 0 Å². The summed E-state index contributed by atoms with van der Waals surface area (Å²) in [6.07, 6.45) is 3.42. The van der Waals surface area contributed by atoms with Crippen LogP contribution < -0.4 is 0 Å². The van der Waals surface area contributed by atoms with Gasteiger partial charge in [0.05, 0.1) is 6.20 Å². The minimum absolute atomic E-state index is 0.794. The van der Waals surface area contributed by atoms with Crippen LogP contribution in [-0.2, 0) is 6.42 Å². The Morgan fingerprint density at radius 3 is 3.00 bits per heavy atom. The Balaban J connectivity index is 2.61. The van der Waals surface area contributed by atoms with Crippen molar-refractivity contribution in [3.05, 3.63) is 24.8 Å². The van der Waals surface area contributed by atoms with Crippen LogP contribution in [0.4, 0.5) is 0 Å². The van der Waals surface area contributed by atoms with Crippen LogP contribution in [0, 0.1) is 13.8 Å². The van der Waals surface area contributed by atoms with Gasteiger partial charge in [-0.15, -0.1) is 0 Å². The van der Waals surface area contributed by atoms with Crippen LogP contribution in [0.5, 0.6) is 0 Å². The van der Waals surface area contributed by atoms with E-state index >= 15 is 0 Å². The highest BCUT2D eigenvalue weighted by atomic mass is 16.3. The van der Waals surface area contributed by atoms with Crippen molar-refractivity contribution in [2.75, 3.05) is 0 Å². The zero-order valence-electron chi connectivity index (χ0n) is 5.55. The Morgan fingerprint density at radius 2 is 2.56 bits per heavy atom. The second-order valence-electron chi connectivity index (χ2n) is 1.97. The van der Waals surface area contributed by atoms with E-state index < -0.39 is 0 Å². The van der Waals surface area contributed by atoms with E-state index in [9.17, 15) is 0 Å². The third-order valence-corrected chi connectivity index (χ3v) is 1.06. The highest BCUT2D eigenvalue weighted by Gasteiger charge is 1.95. The molecule has 0 aromatic carbocycles. The maximum absolute atomic E-state index is 5.17. The van der Waals surface area contributed by atoms with Crippen LogP contribution in [0.2, 0.25) is 0 Å². The van der Waals surface area contributed by atoms with E-state index in [1.54, 1.807) is 6.20 Å². The van der Waals surface area contributed by atoms with E-state index in [0.717, 1.165) is 24.5 Å². The second kappa shape index (κ2) is 2.67. The monoisotopic (exact) mass is 124 g/mol. The van der Waals surface area contributed by atoms with E-state index in [-0.39, 0.29) is 0 Å². The molecule has 1 radical (unpaired) electrons. The van der Waals surface area contributed by atoms with E-state index in [1.807, 2.05) is 6.92 Å². The first-order chi connectivity index (χ1) is 4.33. The molecular formula is C7H10NO. The van der Waals surface area contributed by atoms with Crippen LogP contribution in [-0.4, -0.2) is 4.98 Å². The van der Waals surface area contributed by atoms with Gasteiger partial charge in [0.2, 0.25) is 0 Å². The van der Waals surface area contributed by atoms with Crippen molar-refractivity contribution in [1.82, 2.24) is 4.98 Å². The summed E-state index contributed by atoms with van der Waals surface area (Å²) in [6, 6.07) is 0. The molecule has 0 fully saturated rings. The Labute approximate surface area is 54.9 Å². The maximum atomic E-state index is 5.17. The molecule has 1 rings (SSSR count). The van der Waals surface area contributed by atoms with E-state index in [4.69, 9.17) is 4.42 Å². The van der Waals surface area contributed by atoms with Gasteiger partial charge in [-0.2, -0.15) is 0 Å². The molecule has 1 heterocycles. The molecule has 1 aromatic rings. The average molecular weight is 124 g/mol. The molecule has 0 N–H and O–H groups in total. The zero-order valence-corrected chi connectivity index (χ0v) is 5.55. The predicted octanol–water partition coefficient (Wildman–Crippen LogP) is 1.75. The molecule has 0 amide bonds. The number of hydrogen-bond donors (Lipinski definition) is 0. The summed E-state index contributed by atoms with van der Waals surface area (Å²) >= 11 is 0. The number of nitrogens with zero attached hydrogens (tertiary/aromatic N) is 1. The van der Waals surface area contributed by atoms with Crippen LogP contribution in [0.25, 0.3) is 0 Å². The Kier molecular flexibility index (Phi) is 1.88. The molecule has 0 unspecified atom stereocenters. The van der Waals surface area contributed by atoms with Gasteiger partial charge in [0.15, 0.2) is 5.89 Å². The van der Waals surface area contributed by atoms with Gasteiger partial charge in [-0.1, -0.05) is 6.92 Å². The highest BCUT2D eigenvalue weighted by molar-refractivity contribution is 4.90. The molecule has 0 atom stereocenters. The Morgan fingerprint density at radius 1 is 1.78 bits per heavy atom. The van der Waals surface area contributed by atoms with Gasteiger partial charge in [-0.25, -0.2) is 4.98 Å². The summed E-state index contributed by atoms with van der Waals surface area (Å²) in [5, 5.41) is 0. The molecule has 1 aromatic heterocycles. The van der Waals surface area contributed by atoms with Gasteiger partial charge in [0, 0.05) is 6.42 Å². The van der Waals surface area contributed by atoms with Crippen LogP contribution >= 0.6 is 0 Å². The second-order valence-corrected chi connectivity index (χ2v) is 1.97. The molecule has 9 heavy (non-hydrogen) atoms. The number of hydrogen-bond acceptors (Lipinski definition) is 2. The molecule has 49 valence electrons. The molecule has 2 heteroatoms. The predicted molar refractivity (Wildman–Crippen MR) is 34.9 cm³/mol. The summed E-state index contributed by atoms with van der Waals surface area (Å²) in [6.45, 7) is 5.58. The van der Waals surface area contributed by atoms with Crippen molar-refractivity contribution < 1.29 is 4.42 Å². The first-order valence-corrected chi connectivity index (χ1v) is 3.03. The summed E-state index contributed by atoms with van der Waals surface area (Å²) in [7, 11) is 0. The van der Waals surface area contributed by atoms with Gasteiger partial charge >= 0.3 is 0 Å². The Hall–Kier alpha value is -0.790. The fourth-order valence-electron chi connectivity index (χ4n) is 0.668. The lowest BCUT2D eigenvalue weighted by molar-refractivity contribution is 0.471. The molecule has 2 nitrogen and oxygen atoms in total. The van der Waals surface area contributed by atoms with Crippen molar-refractivity contribution >= 4 is 0 Å². The number of oxazole rings is 1. The molecule has 0 spiro atoms. The molecule has 0 saturated carbocycles. The first-order valence-electron chi connectivity index (χ1n) is 3.03. The minimum Gasteiger partial charge on any atom is -0.446 e. The van der Waals surface area contributed by atoms with Crippen molar-refractivity contribution in [3.63, 3.8) is 0 Å². The first kappa shape index (κ1) is 6.33. The summed E-state index contributed by atoms with van der Waals surface area (Å²) < 4.78 is 5.17. The largest absolute Gasteiger partial charge is 0.446 e. The SMILES string of the molecule is [CH2]CCc1ncc(C)o1. The highest BCUT2D eigenvalue weighted by Crippen LogP contribution is 2.02. The Bertz CT molecular complexity index is 181. The van der Waals surface area contributed by atoms with Crippen molar-refractivity contribution in [2.45, 2.75) is 19.8 Å². The van der Waals surface area contributed by atoms with E-state index in [0.29, 0.717) is 0 Å². The van der Waals surface area contributed by atoms with Crippen LogP contribution in [0.3, 0.4) is 0 Å².